The number of benzene rings is 1. The van der Waals surface area contributed by atoms with Crippen molar-refractivity contribution in [3.63, 3.8) is 0 Å². The fourth-order valence-electron chi connectivity index (χ4n) is 1.27. The summed E-state index contributed by atoms with van der Waals surface area (Å²) in [6.45, 7) is 8.30. The molecule has 61 valence electrons. The van der Waals surface area contributed by atoms with Crippen LogP contribution in [0.2, 0.25) is 0 Å². The zero-order chi connectivity index (χ0) is 9.30. The highest BCUT2D eigenvalue weighted by molar-refractivity contribution is 5.49. The van der Waals surface area contributed by atoms with Gasteiger partial charge in [0.15, 0.2) is 0 Å². The van der Waals surface area contributed by atoms with Crippen LogP contribution in [0.4, 0.5) is 0 Å². The molecule has 1 rings (SSSR count). The molecule has 1 aromatic carbocycles. The van der Waals surface area contributed by atoms with Gasteiger partial charge in [-0.3, -0.25) is 0 Å². The lowest BCUT2D eigenvalue weighted by Crippen LogP contribution is -1.94. The van der Waals surface area contributed by atoms with Crippen LogP contribution in [0, 0.1) is 46.1 Å². The molecule has 0 heterocycles. The molecule has 12 heavy (non-hydrogen) atoms. The van der Waals surface area contributed by atoms with E-state index in [0.717, 1.165) is 11.1 Å². The van der Waals surface area contributed by atoms with Gasteiger partial charge in [0.2, 0.25) is 0 Å². The molecule has 0 amide bonds. The van der Waals surface area contributed by atoms with E-state index in [1.165, 1.54) is 16.7 Å². The van der Waals surface area contributed by atoms with Crippen LogP contribution < -0.4 is 0 Å². The van der Waals surface area contributed by atoms with E-state index in [2.05, 4.69) is 25.8 Å². The highest BCUT2D eigenvalue weighted by atomic mass is 14.1. The Labute approximate surface area is 74.6 Å². The quantitative estimate of drug-likeness (QED) is 0.508. The normalized spacial score (nSPS) is 9.58. The highest BCUT2D eigenvalue weighted by Gasteiger charge is 2.04. The topological polar surface area (TPSA) is 0 Å². The predicted octanol–water partition coefficient (Wildman–Crippen LogP) is 2.70. The summed E-state index contributed by atoms with van der Waals surface area (Å²) in [7, 11) is 0. The van der Waals surface area contributed by atoms with Crippen molar-refractivity contribution < 1.29 is 0 Å². The fourth-order valence-corrected chi connectivity index (χ4v) is 1.27. The second-order valence-electron chi connectivity index (χ2n) is 3.14. The van der Waals surface area contributed by atoms with Crippen LogP contribution in [0.3, 0.4) is 0 Å². The maximum atomic E-state index is 5.36. The maximum Gasteiger partial charge on any atom is 0.0356 e. The van der Waals surface area contributed by atoms with Crippen LogP contribution in [-0.2, 0) is 0 Å². The van der Waals surface area contributed by atoms with Crippen molar-refractivity contribution in [2.75, 3.05) is 0 Å². The van der Waals surface area contributed by atoms with Gasteiger partial charge >= 0.3 is 0 Å². The summed E-state index contributed by atoms with van der Waals surface area (Å²) in [4.78, 5) is 0. The fraction of sp³-hybridized carbons (Fsp3) is 0.333. The zero-order valence-corrected chi connectivity index (χ0v) is 8.08. The van der Waals surface area contributed by atoms with E-state index in [9.17, 15) is 0 Å². The summed E-state index contributed by atoms with van der Waals surface area (Å²) in [6, 6.07) is 3.20. The number of terminal acetylenes is 1. The minimum atomic E-state index is 0.899. The molecule has 0 saturated heterocycles. The third-order valence-electron chi connectivity index (χ3n) is 2.52. The van der Waals surface area contributed by atoms with Crippen molar-refractivity contribution in [3.05, 3.63) is 33.9 Å². The molecule has 0 unspecified atom stereocenters. The van der Waals surface area contributed by atoms with Crippen molar-refractivity contribution in [1.82, 2.24) is 0 Å². The Morgan fingerprint density at radius 2 is 1.58 bits per heavy atom. The molecule has 0 aromatic heterocycles. The summed E-state index contributed by atoms with van der Waals surface area (Å²) in [5.41, 5.74) is 5.83. The van der Waals surface area contributed by atoms with Crippen molar-refractivity contribution in [2.45, 2.75) is 27.7 Å². The number of aryl methyl sites for hydroxylation is 1. The van der Waals surface area contributed by atoms with Crippen LogP contribution in [0.1, 0.15) is 27.8 Å². The van der Waals surface area contributed by atoms with Crippen molar-refractivity contribution in [3.8, 4) is 12.3 Å². The first-order valence-electron chi connectivity index (χ1n) is 4.04. The number of rotatable bonds is 0. The van der Waals surface area contributed by atoms with Crippen molar-refractivity contribution >= 4 is 0 Å². The Morgan fingerprint density at radius 3 is 2.08 bits per heavy atom. The van der Waals surface area contributed by atoms with Crippen LogP contribution in [0.15, 0.2) is 0 Å². The summed E-state index contributed by atoms with van der Waals surface area (Å²) in [5, 5.41) is 0. The number of hydrogen-bond acceptors (Lipinski definition) is 0. The first-order chi connectivity index (χ1) is 5.57. The molecular weight excluding hydrogens is 144 g/mol. The lowest BCUT2D eigenvalue weighted by atomic mass is 9.95. The monoisotopic (exact) mass is 157 g/mol. The molecule has 0 spiro atoms. The Morgan fingerprint density at radius 1 is 1.00 bits per heavy atom. The second-order valence-corrected chi connectivity index (χ2v) is 3.14. The zero-order valence-electron chi connectivity index (χ0n) is 8.08. The highest BCUT2D eigenvalue weighted by Crippen LogP contribution is 2.19. The molecule has 1 radical (unpaired) electrons. The van der Waals surface area contributed by atoms with Crippen LogP contribution in [0.25, 0.3) is 0 Å². The van der Waals surface area contributed by atoms with Gasteiger partial charge in [0.05, 0.1) is 0 Å². The van der Waals surface area contributed by atoms with E-state index < -0.39 is 0 Å². The van der Waals surface area contributed by atoms with Gasteiger partial charge in [-0.1, -0.05) is 5.92 Å². The van der Waals surface area contributed by atoms with E-state index in [0.29, 0.717) is 0 Å². The Balaban J connectivity index is 3.52. The second kappa shape index (κ2) is 3.03. The molecule has 0 heteroatoms. The summed E-state index contributed by atoms with van der Waals surface area (Å²) in [6.07, 6.45) is 5.36. The van der Waals surface area contributed by atoms with Gasteiger partial charge < -0.3 is 0 Å². The van der Waals surface area contributed by atoms with Crippen LogP contribution >= 0.6 is 0 Å². The minimum absolute atomic E-state index is 0.899. The number of hydrogen-bond donors (Lipinski definition) is 0. The lowest BCUT2D eigenvalue weighted by Gasteiger charge is -2.09. The molecule has 0 bridgehead atoms. The molecule has 1 aromatic rings. The summed E-state index contributed by atoms with van der Waals surface area (Å²) < 4.78 is 0. The molecule has 0 aliphatic carbocycles. The maximum absolute atomic E-state index is 5.36. The molecule has 0 aliphatic heterocycles. The lowest BCUT2D eigenvalue weighted by molar-refractivity contribution is 1.20. The third kappa shape index (κ3) is 1.23. The molecule has 0 saturated carbocycles. The van der Waals surface area contributed by atoms with Gasteiger partial charge in [-0.2, -0.15) is 0 Å². The average Bonchev–Trinajstić information content (AvgIpc) is 2.08. The Hall–Kier alpha value is -1.22. The first-order valence-corrected chi connectivity index (χ1v) is 4.04. The van der Waals surface area contributed by atoms with Gasteiger partial charge in [0.1, 0.15) is 0 Å². The predicted molar refractivity (Wildman–Crippen MR) is 52.2 cm³/mol. The molecule has 0 atom stereocenters. The van der Waals surface area contributed by atoms with Gasteiger partial charge in [-0.05, 0) is 49.9 Å². The molecule has 0 N–H and O–H groups in total. The average molecular weight is 157 g/mol. The SMILES string of the molecule is C#Cc1[c]c(C)c(C)c(C)c1C. The van der Waals surface area contributed by atoms with E-state index in [1.54, 1.807) is 0 Å². The van der Waals surface area contributed by atoms with Crippen molar-refractivity contribution in [2.24, 2.45) is 0 Å². The van der Waals surface area contributed by atoms with Crippen LogP contribution in [0.5, 0.6) is 0 Å². The molecular formula is C12H13. The third-order valence-corrected chi connectivity index (χ3v) is 2.52. The molecule has 0 fully saturated rings. The van der Waals surface area contributed by atoms with Crippen molar-refractivity contribution in [1.29, 1.82) is 0 Å². The Bertz CT molecular complexity index is 351. The minimum Gasteiger partial charge on any atom is -0.115 e. The Kier molecular flexibility index (Phi) is 2.24. The van der Waals surface area contributed by atoms with E-state index in [1.807, 2.05) is 13.8 Å². The summed E-state index contributed by atoms with van der Waals surface area (Å²) in [5.74, 6) is 2.65. The molecule has 0 aliphatic rings. The van der Waals surface area contributed by atoms with E-state index in [-0.39, 0.29) is 0 Å². The first kappa shape index (κ1) is 8.87. The van der Waals surface area contributed by atoms with Crippen LogP contribution in [-0.4, -0.2) is 0 Å². The van der Waals surface area contributed by atoms with Gasteiger partial charge in [0, 0.05) is 11.6 Å². The van der Waals surface area contributed by atoms with Gasteiger partial charge in [0.25, 0.3) is 0 Å². The van der Waals surface area contributed by atoms with E-state index in [4.69, 9.17) is 6.42 Å². The standard InChI is InChI=1S/C12H13/c1-6-12-7-8(2)9(3)10(4)11(12)5/h1H,2-5H3. The van der Waals surface area contributed by atoms with Gasteiger partial charge in [-0.15, -0.1) is 6.42 Å². The van der Waals surface area contributed by atoms with Gasteiger partial charge in [-0.25, -0.2) is 0 Å². The van der Waals surface area contributed by atoms with E-state index >= 15 is 0 Å². The smallest absolute Gasteiger partial charge is 0.0356 e. The largest absolute Gasteiger partial charge is 0.115 e. The molecule has 0 nitrogen and oxygen atoms in total. The summed E-state index contributed by atoms with van der Waals surface area (Å²) >= 11 is 0.